The van der Waals surface area contributed by atoms with Gasteiger partial charge in [0.25, 0.3) is 0 Å². The van der Waals surface area contributed by atoms with Gasteiger partial charge >= 0.3 is 5.97 Å². The van der Waals surface area contributed by atoms with E-state index in [0.29, 0.717) is 17.2 Å². The van der Waals surface area contributed by atoms with E-state index in [1.165, 1.54) is 0 Å². The fraction of sp³-hybridized carbons (Fsp3) is 0.235. The summed E-state index contributed by atoms with van der Waals surface area (Å²) in [5, 5.41) is 9.44. The number of carbonyl (C=O) groups is 1. The van der Waals surface area contributed by atoms with E-state index in [1.807, 2.05) is 0 Å². The molecule has 2 aromatic carbocycles. The first-order chi connectivity index (χ1) is 10.6. The molecule has 5 nitrogen and oxygen atoms in total. The predicted molar refractivity (Wildman–Crippen MR) is 79.7 cm³/mol. The minimum atomic E-state index is -0.305. The molecule has 1 N–H and O–H groups in total. The number of carbonyl (C=O) groups excluding carboxylic acids is 1. The van der Waals surface area contributed by atoms with Gasteiger partial charge in [0.05, 0.1) is 20.6 Å². The van der Waals surface area contributed by atoms with Gasteiger partial charge in [0.15, 0.2) is 0 Å². The van der Waals surface area contributed by atoms with Crippen molar-refractivity contribution in [3.05, 3.63) is 47.5 Å². The molecule has 1 aliphatic rings. The normalized spacial score (nSPS) is 16.6. The van der Waals surface area contributed by atoms with Crippen molar-refractivity contribution in [3.8, 4) is 23.0 Å². The number of rotatable bonds is 3. The highest BCUT2D eigenvalue weighted by atomic mass is 16.5. The molecule has 5 heteroatoms. The summed E-state index contributed by atoms with van der Waals surface area (Å²) < 4.78 is 16.0. The molecule has 1 atom stereocenters. The molecule has 0 bridgehead atoms. The van der Waals surface area contributed by atoms with Crippen molar-refractivity contribution in [1.82, 2.24) is 0 Å². The average Bonchev–Trinajstić information content (AvgIpc) is 2.53. The van der Waals surface area contributed by atoms with Crippen LogP contribution in [0.2, 0.25) is 0 Å². The van der Waals surface area contributed by atoms with E-state index in [4.69, 9.17) is 14.2 Å². The standard InChI is InChI=1S/C17H16O5/c1-20-12-7-14(21-2)17-13(9-16(19)22-15(17)8-12)10-3-5-11(18)6-4-10/h3-8,13,18H,9H2,1-2H3. The zero-order chi connectivity index (χ0) is 15.7. The van der Waals surface area contributed by atoms with E-state index < -0.39 is 0 Å². The quantitative estimate of drug-likeness (QED) is 0.697. The Kier molecular flexibility index (Phi) is 3.63. The lowest BCUT2D eigenvalue weighted by atomic mass is 9.85. The molecule has 1 heterocycles. The van der Waals surface area contributed by atoms with Crippen LogP contribution in [0.1, 0.15) is 23.5 Å². The van der Waals surface area contributed by atoms with Crippen LogP contribution in [0.5, 0.6) is 23.0 Å². The number of phenols is 1. The average molecular weight is 300 g/mol. The van der Waals surface area contributed by atoms with E-state index in [1.54, 1.807) is 50.6 Å². The number of methoxy groups -OCH3 is 2. The van der Waals surface area contributed by atoms with Crippen LogP contribution in [-0.2, 0) is 4.79 Å². The number of hydrogen-bond acceptors (Lipinski definition) is 5. The van der Waals surface area contributed by atoms with Gasteiger partial charge in [0.1, 0.15) is 23.0 Å². The van der Waals surface area contributed by atoms with Gasteiger partial charge in [0.2, 0.25) is 0 Å². The highest BCUT2D eigenvalue weighted by Gasteiger charge is 2.32. The molecule has 0 aromatic heterocycles. The first-order valence-electron chi connectivity index (χ1n) is 6.88. The maximum absolute atomic E-state index is 11.9. The van der Waals surface area contributed by atoms with Crippen LogP contribution >= 0.6 is 0 Å². The number of esters is 1. The van der Waals surface area contributed by atoms with Crippen LogP contribution in [0.3, 0.4) is 0 Å². The monoisotopic (exact) mass is 300 g/mol. The molecule has 1 unspecified atom stereocenters. The smallest absolute Gasteiger partial charge is 0.312 e. The summed E-state index contributed by atoms with van der Waals surface area (Å²) in [6.07, 6.45) is 0.223. The minimum absolute atomic E-state index is 0.183. The molecule has 0 spiro atoms. The van der Waals surface area contributed by atoms with E-state index in [-0.39, 0.29) is 24.1 Å². The Morgan fingerprint density at radius 2 is 1.86 bits per heavy atom. The van der Waals surface area contributed by atoms with Gasteiger partial charge in [-0.25, -0.2) is 0 Å². The summed E-state index contributed by atoms with van der Waals surface area (Å²) in [6.45, 7) is 0. The van der Waals surface area contributed by atoms with Crippen molar-refractivity contribution < 1.29 is 24.1 Å². The summed E-state index contributed by atoms with van der Waals surface area (Å²) in [5.74, 6) is 1.32. The molecule has 114 valence electrons. The zero-order valence-corrected chi connectivity index (χ0v) is 12.3. The summed E-state index contributed by atoms with van der Waals surface area (Å²) in [6, 6.07) is 10.3. The fourth-order valence-electron chi connectivity index (χ4n) is 2.72. The second-order valence-corrected chi connectivity index (χ2v) is 5.06. The van der Waals surface area contributed by atoms with Gasteiger partial charge < -0.3 is 19.3 Å². The van der Waals surface area contributed by atoms with Crippen molar-refractivity contribution in [3.63, 3.8) is 0 Å². The number of benzene rings is 2. The lowest BCUT2D eigenvalue weighted by Crippen LogP contribution is -2.21. The van der Waals surface area contributed by atoms with Gasteiger partial charge in [-0.1, -0.05) is 12.1 Å². The van der Waals surface area contributed by atoms with Crippen molar-refractivity contribution in [1.29, 1.82) is 0 Å². The lowest BCUT2D eigenvalue weighted by Gasteiger charge is -2.27. The topological polar surface area (TPSA) is 65.0 Å². The van der Waals surface area contributed by atoms with Crippen LogP contribution in [0, 0.1) is 0 Å². The molecule has 22 heavy (non-hydrogen) atoms. The number of fused-ring (bicyclic) bond motifs is 1. The Hall–Kier alpha value is -2.69. The van der Waals surface area contributed by atoms with E-state index in [9.17, 15) is 9.90 Å². The van der Waals surface area contributed by atoms with Gasteiger partial charge in [0, 0.05) is 23.6 Å². The Balaban J connectivity index is 2.15. The van der Waals surface area contributed by atoms with Crippen LogP contribution in [0.4, 0.5) is 0 Å². The second-order valence-electron chi connectivity index (χ2n) is 5.06. The molecule has 0 aliphatic carbocycles. The molecule has 1 aliphatic heterocycles. The molecular weight excluding hydrogens is 284 g/mol. The summed E-state index contributed by atoms with van der Waals surface area (Å²) in [7, 11) is 3.11. The van der Waals surface area contributed by atoms with Crippen LogP contribution in [-0.4, -0.2) is 25.3 Å². The van der Waals surface area contributed by atoms with Gasteiger partial charge in [-0.3, -0.25) is 4.79 Å². The SMILES string of the molecule is COc1cc(OC)c2c(c1)OC(=O)CC2c1ccc(O)cc1. The number of aromatic hydroxyl groups is 1. The molecule has 0 amide bonds. The molecule has 0 saturated heterocycles. The van der Waals surface area contributed by atoms with Crippen molar-refractivity contribution in [2.24, 2.45) is 0 Å². The van der Waals surface area contributed by atoms with Crippen molar-refractivity contribution >= 4 is 5.97 Å². The number of phenolic OH excluding ortho intramolecular Hbond substituents is 1. The van der Waals surface area contributed by atoms with E-state index in [0.717, 1.165) is 11.1 Å². The first kappa shape index (κ1) is 14.3. The van der Waals surface area contributed by atoms with Crippen LogP contribution < -0.4 is 14.2 Å². The lowest BCUT2D eigenvalue weighted by molar-refractivity contribution is -0.135. The number of hydrogen-bond donors (Lipinski definition) is 1. The van der Waals surface area contributed by atoms with E-state index in [2.05, 4.69) is 0 Å². The third-order valence-corrected chi connectivity index (χ3v) is 3.77. The Morgan fingerprint density at radius 3 is 2.50 bits per heavy atom. The molecule has 3 rings (SSSR count). The second kappa shape index (κ2) is 5.60. The largest absolute Gasteiger partial charge is 0.508 e. The van der Waals surface area contributed by atoms with Crippen LogP contribution in [0.25, 0.3) is 0 Å². The third kappa shape index (κ3) is 2.45. The molecule has 0 fully saturated rings. The molecule has 0 saturated carbocycles. The molecule has 2 aromatic rings. The highest BCUT2D eigenvalue weighted by molar-refractivity contribution is 5.79. The minimum Gasteiger partial charge on any atom is -0.508 e. The maximum Gasteiger partial charge on any atom is 0.312 e. The van der Waals surface area contributed by atoms with Crippen LogP contribution in [0.15, 0.2) is 36.4 Å². The first-order valence-corrected chi connectivity index (χ1v) is 6.88. The summed E-state index contributed by atoms with van der Waals surface area (Å²) in [4.78, 5) is 11.9. The van der Waals surface area contributed by atoms with Gasteiger partial charge in [-0.2, -0.15) is 0 Å². The highest BCUT2D eigenvalue weighted by Crippen LogP contribution is 2.46. The van der Waals surface area contributed by atoms with Gasteiger partial charge in [-0.05, 0) is 17.7 Å². The Bertz CT molecular complexity index is 706. The summed E-state index contributed by atoms with van der Waals surface area (Å²) >= 11 is 0. The number of ether oxygens (including phenoxy) is 3. The van der Waals surface area contributed by atoms with Crippen molar-refractivity contribution in [2.75, 3.05) is 14.2 Å². The maximum atomic E-state index is 11.9. The fourth-order valence-corrected chi connectivity index (χ4v) is 2.72. The Labute approximate surface area is 128 Å². The van der Waals surface area contributed by atoms with E-state index >= 15 is 0 Å². The molecular formula is C17H16O5. The van der Waals surface area contributed by atoms with Gasteiger partial charge in [-0.15, -0.1) is 0 Å². The Morgan fingerprint density at radius 1 is 1.14 bits per heavy atom. The predicted octanol–water partition coefficient (Wildman–Crippen LogP) is 2.85. The zero-order valence-electron chi connectivity index (χ0n) is 12.3. The van der Waals surface area contributed by atoms with Crippen molar-refractivity contribution in [2.45, 2.75) is 12.3 Å². The summed E-state index contributed by atoms with van der Waals surface area (Å²) in [5.41, 5.74) is 1.73. The third-order valence-electron chi connectivity index (χ3n) is 3.77. The molecule has 0 radical (unpaired) electrons.